The molecule has 0 amide bonds. The van der Waals surface area contributed by atoms with E-state index in [0.29, 0.717) is 18.7 Å². The van der Waals surface area contributed by atoms with Crippen molar-refractivity contribution in [2.24, 2.45) is 5.73 Å². The van der Waals surface area contributed by atoms with Crippen molar-refractivity contribution in [1.29, 1.82) is 0 Å². The molecule has 2 atom stereocenters. The predicted molar refractivity (Wildman–Crippen MR) is 80.9 cm³/mol. The van der Waals surface area contributed by atoms with E-state index in [2.05, 4.69) is 18.7 Å². The second-order valence-corrected chi connectivity index (χ2v) is 5.54. The first-order valence-corrected chi connectivity index (χ1v) is 7.46. The molecule has 2 rings (SSSR count). The van der Waals surface area contributed by atoms with E-state index < -0.39 is 0 Å². The third-order valence-corrected chi connectivity index (χ3v) is 3.73. The molecule has 0 radical (unpaired) electrons. The van der Waals surface area contributed by atoms with Crippen LogP contribution in [0.4, 0.5) is 0 Å². The lowest BCUT2D eigenvalue weighted by atomic mass is 10.2. The van der Waals surface area contributed by atoms with Crippen LogP contribution in [0, 0.1) is 0 Å². The molecular weight excluding hydrogens is 252 g/mol. The number of nitrogens with zero attached hydrogens (tertiary/aromatic N) is 1. The standard InChI is InChI=1S/C16H26N2O2/c1-13-12-20-14(2)11-18(13)7-4-8-19-16-6-3-5-15(9-16)10-17/h3,5-6,9,13-14H,4,7-8,10-12,17H2,1-2H3. The van der Waals surface area contributed by atoms with Gasteiger partial charge in [0, 0.05) is 25.7 Å². The molecule has 0 saturated carbocycles. The monoisotopic (exact) mass is 278 g/mol. The Labute approximate surface area is 121 Å². The first-order valence-electron chi connectivity index (χ1n) is 7.46. The molecule has 4 nitrogen and oxygen atoms in total. The van der Waals surface area contributed by atoms with E-state index in [1.807, 2.05) is 24.3 Å². The van der Waals surface area contributed by atoms with E-state index in [1.165, 1.54) is 0 Å². The Kier molecular flexibility index (Phi) is 5.83. The summed E-state index contributed by atoms with van der Waals surface area (Å²) in [5.74, 6) is 0.913. The fraction of sp³-hybridized carbons (Fsp3) is 0.625. The normalized spacial score (nSPS) is 23.8. The number of ether oxygens (including phenoxy) is 2. The van der Waals surface area contributed by atoms with Crippen molar-refractivity contribution in [2.75, 3.05) is 26.3 Å². The minimum absolute atomic E-state index is 0.341. The van der Waals surface area contributed by atoms with Crippen molar-refractivity contribution in [3.8, 4) is 5.75 Å². The van der Waals surface area contributed by atoms with Crippen LogP contribution in [-0.4, -0.2) is 43.3 Å². The molecular formula is C16H26N2O2. The summed E-state index contributed by atoms with van der Waals surface area (Å²) < 4.78 is 11.4. The molecule has 2 unspecified atom stereocenters. The average Bonchev–Trinajstić information content (AvgIpc) is 2.47. The molecule has 1 aliphatic rings. The van der Waals surface area contributed by atoms with Gasteiger partial charge in [-0.05, 0) is 38.0 Å². The van der Waals surface area contributed by atoms with E-state index in [4.69, 9.17) is 15.2 Å². The number of rotatable bonds is 6. The number of benzene rings is 1. The summed E-state index contributed by atoms with van der Waals surface area (Å²) in [4.78, 5) is 2.48. The number of hydrogen-bond donors (Lipinski definition) is 1. The minimum Gasteiger partial charge on any atom is -0.494 e. The Morgan fingerprint density at radius 3 is 3.05 bits per heavy atom. The van der Waals surface area contributed by atoms with Crippen LogP contribution < -0.4 is 10.5 Å². The van der Waals surface area contributed by atoms with Crippen LogP contribution in [0.5, 0.6) is 5.75 Å². The van der Waals surface area contributed by atoms with Gasteiger partial charge in [0.05, 0.1) is 19.3 Å². The van der Waals surface area contributed by atoms with Gasteiger partial charge in [-0.3, -0.25) is 4.90 Å². The zero-order chi connectivity index (χ0) is 14.4. The predicted octanol–water partition coefficient (Wildman–Crippen LogP) is 2.02. The molecule has 0 bridgehead atoms. The van der Waals surface area contributed by atoms with E-state index in [0.717, 1.165) is 44.0 Å². The first-order chi connectivity index (χ1) is 9.69. The molecule has 1 aromatic carbocycles. The molecule has 0 spiro atoms. The Bertz CT molecular complexity index is 411. The Hall–Kier alpha value is -1.10. The highest BCUT2D eigenvalue weighted by Crippen LogP contribution is 2.14. The van der Waals surface area contributed by atoms with Crippen molar-refractivity contribution in [3.05, 3.63) is 29.8 Å². The van der Waals surface area contributed by atoms with Gasteiger partial charge >= 0.3 is 0 Å². The smallest absolute Gasteiger partial charge is 0.119 e. The molecule has 0 aliphatic carbocycles. The number of morpholine rings is 1. The van der Waals surface area contributed by atoms with E-state index in [1.54, 1.807) is 0 Å². The van der Waals surface area contributed by atoms with Crippen molar-refractivity contribution in [3.63, 3.8) is 0 Å². The molecule has 0 aromatic heterocycles. The quantitative estimate of drug-likeness (QED) is 0.809. The van der Waals surface area contributed by atoms with Crippen molar-refractivity contribution < 1.29 is 9.47 Å². The highest BCUT2D eigenvalue weighted by Gasteiger charge is 2.22. The van der Waals surface area contributed by atoms with Crippen LogP contribution >= 0.6 is 0 Å². The summed E-state index contributed by atoms with van der Waals surface area (Å²) in [6, 6.07) is 8.51. The van der Waals surface area contributed by atoms with Crippen LogP contribution in [0.15, 0.2) is 24.3 Å². The molecule has 4 heteroatoms. The summed E-state index contributed by atoms with van der Waals surface area (Å²) in [6.07, 6.45) is 1.37. The zero-order valence-corrected chi connectivity index (χ0v) is 12.5. The lowest BCUT2D eigenvalue weighted by molar-refractivity contribution is -0.0502. The molecule has 20 heavy (non-hydrogen) atoms. The minimum atomic E-state index is 0.341. The van der Waals surface area contributed by atoms with Crippen LogP contribution in [0.3, 0.4) is 0 Å². The average molecular weight is 278 g/mol. The molecule has 1 aliphatic heterocycles. The number of hydrogen-bond acceptors (Lipinski definition) is 4. The van der Waals surface area contributed by atoms with Crippen LogP contribution in [0.25, 0.3) is 0 Å². The first kappa shape index (κ1) is 15.3. The maximum absolute atomic E-state index is 5.79. The lowest BCUT2D eigenvalue weighted by Gasteiger charge is -2.36. The fourth-order valence-electron chi connectivity index (χ4n) is 2.50. The van der Waals surface area contributed by atoms with Crippen LogP contribution in [-0.2, 0) is 11.3 Å². The van der Waals surface area contributed by atoms with Gasteiger partial charge in [0.25, 0.3) is 0 Å². The van der Waals surface area contributed by atoms with Gasteiger partial charge in [-0.2, -0.15) is 0 Å². The molecule has 1 fully saturated rings. The van der Waals surface area contributed by atoms with Gasteiger partial charge in [0.1, 0.15) is 5.75 Å². The second kappa shape index (κ2) is 7.62. The third kappa shape index (κ3) is 4.47. The molecule has 112 valence electrons. The zero-order valence-electron chi connectivity index (χ0n) is 12.5. The fourth-order valence-corrected chi connectivity index (χ4v) is 2.50. The van der Waals surface area contributed by atoms with Gasteiger partial charge < -0.3 is 15.2 Å². The molecule has 1 heterocycles. The summed E-state index contributed by atoms with van der Waals surface area (Å²) in [7, 11) is 0. The third-order valence-electron chi connectivity index (χ3n) is 3.73. The molecule has 1 saturated heterocycles. The largest absolute Gasteiger partial charge is 0.494 e. The Balaban J connectivity index is 1.70. The maximum atomic E-state index is 5.79. The molecule has 2 N–H and O–H groups in total. The lowest BCUT2D eigenvalue weighted by Crippen LogP contribution is -2.47. The maximum Gasteiger partial charge on any atom is 0.119 e. The van der Waals surface area contributed by atoms with E-state index in [-0.39, 0.29) is 0 Å². The van der Waals surface area contributed by atoms with Gasteiger partial charge in [0.2, 0.25) is 0 Å². The topological polar surface area (TPSA) is 47.7 Å². The summed E-state index contributed by atoms with van der Waals surface area (Å²) >= 11 is 0. The van der Waals surface area contributed by atoms with Gasteiger partial charge in [0.15, 0.2) is 0 Å². The van der Waals surface area contributed by atoms with E-state index >= 15 is 0 Å². The summed E-state index contributed by atoms with van der Waals surface area (Å²) in [5, 5.41) is 0. The molecule has 1 aromatic rings. The van der Waals surface area contributed by atoms with Crippen molar-refractivity contribution in [1.82, 2.24) is 4.90 Å². The summed E-state index contributed by atoms with van der Waals surface area (Å²) in [5.41, 5.74) is 6.73. The Morgan fingerprint density at radius 2 is 2.25 bits per heavy atom. The van der Waals surface area contributed by atoms with Crippen molar-refractivity contribution >= 4 is 0 Å². The Morgan fingerprint density at radius 1 is 1.40 bits per heavy atom. The van der Waals surface area contributed by atoms with Crippen LogP contribution in [0.2, 0.25) is 0 Å². The van der Waals surface area contributed by atoms with E-state index in [9.17, 15) is 0 Å². The van der Waals surface area contributed by atoms with Gasteiger partial charge in [-0.25, -0.2) is 0 Å². The highest BCUT2D eigenvalue weighted by molar-refractivity contribution is 5.28. The SMILES string of the molecule is CC1CN(CCCOc2cccc(CN)c2)C(C)CO1. The summed E-state index contributed by atoms with van der Waals surface area (Å²) in [6.45, 7) is 8.56. The highest BCUT2D eigenvalue weighted by atomic mass is 16.5. The van der Waals surface area contributed by atoms with Crippen LogP contribution in [0.1, 0.15) is 25.8 Å². The van der Waals surface area contributed by atoms with Crippen molar-refractivity contribution in [2.45, 2.75) is 39.0 Å². The number of nitrogens with two attached hydrogens (primary N) is 1. The second-order valence-electron chi connectivity index (χ2n) is 5.54. The van der Waals surface area contributed by atoms with Gasteiger partial charge in [-0.15, -0.1) is 0 Å². The van der Waals surface area contributed by atoms with Gasteiger partial charge in [-0.1, -0.05) is 12.1 Å².